The fourth-order valence-corrected chi connectivity index (χ4v) is 4.90. The van der Waals surface area contributed by atoms with E-state index < -0.39 is 0 Å². The molecule has 0 aliphatic carbocycles. The number of anilines is 1. The van der Waals surface area contributed by atoms with Gasteiger partial charge in [-0.1, -0.05) is 60.0 Å². The first-order valence-electron chi connectivity index (χ1n) is 10.1. The molecule has 0 aliphatic heterocycles. The number of nitrogens with zero attached hydrogens (tertiary/aromatic N) is 3. The standard InChI is InChI=1S/C22H24Cl3N3O3S/c1-4-27(5-2)10-11-28(19(29)13-31-17-8-6-14(23)12-16(17)25)22-26-20-18(30-3)9-7-15(24)21(20)32-22/h6-9,12H,4-5,10-11,13H2,1-3H3. The first-order valence-corrected chi connectivity index (χ1v) is 12.1. The van der Waals surface area contributed by atoms with Crippen LogP contribution < -0.4 is 14.4 Å². The average molecular weight is 517 g/mol. The number of carbonyl (C=O) groups excluding carboxylic acids is 1. The molecule has 0 unspecified atom stereocenters. The van der Waals surface area contributed by atoms with Gasteiger partial charge in [-0.05, 0) is 43.4 Å². The zero-order valence-electron chi connectivity index (χ0n) is 18.0. The Morgan fingerprint density at radius 3 is 2.41 bits per heavy atom. The number of amides is 1. The maximum atomic E-state index is 13.2. The summed E-state index contributed by atoms with van der Waals surface area (Å²) in [5.41, 5.74) is 0.627. The molecule has 0 fully saturated rings. The van der Waals surface area contributed by atoms with Crippen LogP contribution in [0.4, 0.5) is 5.13 Å². The van der Waals surface area contributed by atoms with Gasteiger partial charge < -0.3 is 14.4 Å². The van der Waals surface area contributed by atoms with Crippen molar-refractivity contribution >= 4 is 67.4 Å². The van der Waals surface area contributed by atoms with Crippen LogP contribution >= 0.6 is 46.1 Å². The third-order valence-electron chi connectivity index (χ3n) is 4.98. The number of fused-ring (bicyclic) bond motifs is 1. The highest BCUT2D eigenvalue weighted by Crippen LogP contribution is 2.38. The fourth-order valence-electron chi connectivity index (χ4n) is 3.14. The van der Waals surface area contributed by atoms with E-state index in [0.717, 1.165) is 17.8 Å². The number of hydrogen-bond donors (Lipinski definition) is 0. The lowest BCUT2D eigenvalue weighted by Gasteiger charge is -2.24. The van der Waals surface area contributed by atoms with Gasteiger partial charge in [0.05, 0.1) is 21.9 Å². The number of halogens is 3. The van der Waals surface area contributed by atoms with Crippen LogP contribution in [0, 0.1) is 0 Å². The Morgan fingerprint density at radius 2 is 1.75 bits per heavy atom. The Balaban J connectivity index is 1.88. The first-order chi connectivity index (χ1) is 15.4. The van der Waals surface area contributed by atoms with E-state index in [0.29, 0.717) is 50.3 Å². The van der Waals surface area contributed by atoms with Gasteiger partial charge in [0, 0.05) is 18.1 Å². The van der Waals surface area contributed by atoms with Crippen molar-refractivity contribution in [2.24, 2.45) is 0 Å². The van der Waals surface area contributed by atoms with E-state index in [1.807, 2.05) is 0 Å². The van der Waals surface area contributed by atoms with Crippen molar-refractivity contribution in [2.45, 2.75) is 13.8 Å². The number of methoxy groups -OCH3 is 1. The topological polar surface area (TPSA) is 54.9 Å². The van der Waals surface area contributed by atoms with Crippen molar-refractivity contribution in [3.8, 4) is 11.5 Å². The van der Waals surface area contributed by atoms with Gasteiger partial charge in [0.15, 0.2) is 11.7 Å². The van der Waals surface area contributed by atoms with Crippen LogP contribution in [-0.2, 0) is 4.79 Å². The maximum absolute atomic E-state index is 13.2. The molecule has 32 heavy (non-hydrogen) atoms. The molecule has 3 rings (SSSR count). The summed E-state index contributed by atoms with van der Waals surface area (Å²) in [6.45, 7) is 6.90. The minimum absolute atomic E-state index is 0.194. The van der Waals surface area contributed by atoms with Crippen molar-refractivity contribution in [3.05, 3.63) is 45.4 Å². The lowest BCUT2D eigenvalue weighted by atomic mass is 10.3. The first kappa shape index (κ1) is 24.9. The van der Waals surface area contributed by atoms with Crippen molar-refractivity contribution in [1.82, 2.24) is 9.88 Å². The Morgan fingerprint density at radius 1 is 1.03 bits per heavy atom. The SMILES string of the molecule is CCN(CC)CCN(C(=O)COc1ccc(Cl)cc1Cl)c1nc2c(OC)ccc(Cl)c2s1. The second-order valence-corrected chi connectivity index (χ2v) is 9.09. The predicted molar refractivity (Wildman–Crippen MR) is 133 cm³/mol. The molecule has 0 saturated heterocycles. The van der Waals surface area contributed by atoms with E-state index in [2.05, 4.69) is 23.7 Å². The van der Waals surface area contributed by atoms with Crippen molar-refractivity contribution in [2.75, 3.05) is 44.8 Å². The molecule has 172 valence electrons. The zero-order valence-corrected chi connectivity index (χ0v) is 21.1. The molecule has 1 amide bonds. The maximum Gasteiger partial charge on any atom is 0.266 e. The monoisotopic (exact) mass is 515 g/mol. The quantitative estimate of drug-likeness (QED) is 0.330. The van der Waals surface area contributed by atoms with E-state index >= 15 is 0 Å². The van der Waals surface area contributed by atoms with Gasteiger partial charge in [-0.3, -0.25) is 9.69 Å². The Bertz CT molecular complexity index is 1090. The summed E-state index contributed by atoms with van der Waals surface area (Å²) < 4.78 is 11.9. The summed E-state index contributed by atoms with van der Waals surface area (Å²) in [5, 5.41) is 1.94. The second-order valence-electron chi connectivity index (χ2n) is 6.86. The van der Waals surface area contributed by atoms with Crippen LogP contribution in [0.5, 0.6) is 11.5 Å². The van der Waals surface area contributed by atoms with Gasteiger partial charge in [0.2, 0.25) is 0 Å². The van der Waals surface area contributed by atoms with Gasteiger partial charge in [-0.25, -0.2) is 4.98 Å². The highest BCUT2D eigenvalue weighted by Gasteiger charge is 2.23. The summed E-state index contributed by atoms with van der Waals surface area (Å²) in [7, 11) is 1.58. The summed E-state index contributed by atoms with van der Waals surface area (Å²) >= 11 is 19.8. The Labute approximate surface area is 206 Å². The molecule has 0 radical (unpaired) electrons. The number of likely N-dealkylation sites (N-methyl/N-ethyl adjacent to an activating group) is 1. The molecule has 0 saturated carbocycles. The van der Waals surface area contributed by atoms with Crippen molar-refractivity contribution < 1.29 is 14.3 Å². The van der Waals surface area contributed by atoms with Crippen molar-refractivity contribution in [1.29, 1.82) is 0 Å². The molecule has 3 aromatic rings. The molecule has 2 aromatic carbocycles. The van der Waals surface area contributed by atoms with E-state index in [-0.39, 0.29) is 12.5 Å². The Hall–Kier alpha value is -1.77. The summed E-state index contributed by atoms with van der Waals surface area (Å²) in [5.74, 6) is 0.756. The van der Waals surface area contributed by atoms with Crippen molar-refractivity contribution in [3.63, 3.8) is 0 Å². The zero-order chi connectivity index (χ0) is 23.3. The molecule has 0 atom stereocenters. The number of carbonyl (C=O) groups is 1. The number of benzene rings is 2. The van der Waals surface area contributed by atoms with Crippen LogP contribution in [0.1, 0.15) is 13.8 Å². The second kappa shape index (κ2) is 11.4. The largest absolute Gasteiger partial charge is 0.494 e. The molecule has 0 spiro atoms. The predicted octanol–water partition coefficient (Wildman–Crippen LogP) is 6.02. The summed E-state index contributed by atoms with van der Waals surface area (Å²) in [6.07, 6.45) is 0. The molecule has 1 aromatic heterocycles. The minimum atomic E-state index is -0.239. The molecule has 6 nitrogen and oxygen atoms in total. The van der Waals surface area contributed by atoms with E-state index in [1.54, 1.807) is 42.3 Å². The highest BCUT2D eigenvalue weighted by atomic mass is 35.5. The van der Waals surface area contributed by atoms with Gasteiger partial charge in [0.1, 0.15) is 17.0 Å². The molecule has 0 bridgehead atoms. The third kappa shape index (κ3) is 5.77. The molecule has 0 aliphatic rings. The number of thiazole rings is 1. The number of ether oxygens (including phenoxy) is 2. The fraction of sp³-hybridized carbons (Fsp3) is 0.364. The van der Waals surface area contributed by atoms with Crippen LogP contribution in [0.2, 0.25) is 15.1 Å². The van der Waals surface area contributed by atoms with Crippen LogP contribution in [0.25, 0.3) is 10.2 Å². The van der Waals surface area contributed by atoms with Gasteiger partial charge >= 0.3 is 0 Å². The number of hydrogen-bond acceptors (Lipinski definition) is 6. The number of aromatic nitrogens is 1. The normalized spacial score (nSPS) is 11.2. The summed E-state index contributed by atoms with van der Waals surface area (Å²) in [6, 6.07) is 8.40. The summed E-state index contributed by atoms with van der Waals surface area (Å²) in [4.78, 5) is 21.8. The molecular weight excluding hydrogens is 493 g/mol. The number of rotatable bonds is 10. The average Bonchev–Trinajstić information content (AvgIpc) is 3.22. The molecule has 0 N–H and O–H groups in total. The smallest absolute Gasteiger partial charge is 0.266 e. The van der Waals surface area contributed by atoms with E-state index in [9.17, 15) is 4.79 Å². The minimum Gasteiger partial charge on any atom is -0.494 e. The highest BCUT2D eigenvalue weighted by molar-refractivity contribution is 7.23. The molecular formula is C22H24Cl3N3O3S. The van der Waals surface area contributed by atoms with Crippen LogP contribution in [0.15, 0.2) is 30.3 Å². The van der Waals surface area contributed by atoms with Gasteiger partial charge in [0.25, 0.3) is 5.91 Å². The molecule has 1 heterocycles. The lowest BCUT2D eigenvalue weighted by molar-refractivity contribution is -0.120. The molecule has 10 heteroatoms. The lowest BCUT2D eigenvalue weighted by Crippen LogP contribution is -2.41. The van der Waals surface area contributed by atoms with Gasteiger partial charge in [-0.15, -0.1) is 0 Å². The Kier molecular flexibility index (Phi) is 8.85. The third-order valence-corrected chi connectivity index (χ3v) is 7.05. The van der Waals surface area contributed by atoms with Gasteiger partial charge in [-0.2, -0.15) is 0 Å². The van der Waals surface area contributed by atoms with Crippen LogP contribution in [-0.4, -0.2) is 55.7 Å². The van der Waals surface area contributed by atoms with E-state index in [4.69, 9.17) is 44.3 Å². The van der Waals surface area contributed by atoms with E-state index in [1.165, 1.54) is 11.3 Å². The van der Waals surface area contributed by atoms with Crippen LogP contribution in [0.3, 0.4) is 0 Å².